The SMILES string of the molecule is NC(=O)COc1ccc(-c2noc(-c3ccc(COc4c(Cl)cc(Cl)cc4Cl)o3)n2)cc1. The Hall–Kier alpha value is -3.20. The number of aromatic nitrogens is 2. The van der Waals surface area contributed by atoms with Crippen molar-refractivity contribution < 1.29 is 23.2 Å². The lowest BCUT2D eigenvalue weighted by Crippen LogP contribution is -2.19. The fraction of sp³-hybridized carbons (Fsp3) is 0.0952. The summed E-state index contributed by atoms with van der Waals surface area (Å²) in [7, 11) is 0. The highest BCUT2D eigenvalue weighted by molar-refractivity contribution is 6.40. The van der Waals surface area contributed by atoms with Gasteiger partial charge in [0.2, 0.25) is 5.82 Å². The number of hydrogen-bond acceptors (Lipinski definition) is 7. The standard InChI is InChI=1S/C21H14Cl3N3O5/c22-12-7-15(23)19(16(24)8-12)30-9-14-5-6-17(31-14)21-26-20(27-32-21)11-1-3-13(4-2-11)29-10-18(25)28/h1-8H,9-10H2,(H2,25,28). The summed E-state index contributed by atoms with van der Waals surface area (Å²) in [4.78, 5) is 15.1. The predicted molar refractivity (Wildman–Crippen MR) is 118 cm³/mol. The molecule has 164 valence electrons. The summed E-state index contributed by atoms with van der Waals surface area (Å²) < 4.78 is 21.9. The smallest absolute Gasteiger partial charge is 0.293 e. The number of carbonyl (C=O) groups excluding carboxylic acids is 1. The van der Waals surface area contributed by atoms with Crippen molar-refractivity contribution in [3.05, 3.63) is 69.4 Å². The molecule has 2 aromatic heterocycles. The van der Waals surface area contributed by atoms with Crippen molar-refractivity contribution in [1.82, 2.24) is 10.1 Å². The van der Waals surface area contributed by atoms with Gasteiger partial charge < -0.3 is 24.1 Å². The number of nitrogens with zero attached hydrogens (tertiary/aromatic N) is 2. The predicted octanol–water partition coefficient (Wildman–Crippen LogP) is 5.40. The van der Waals surface area contributed by atoms with E-state index in [1.165, 1.54) is 12.1 Å². The number of hydrogen-bond donors (Lipinski definition) is 1. The van der Waals surface area contributed by atoms with E-state index in [9.17, 15) is 4.79 Å². The van der Waals surface area contributed by atoms with Gasteiger partial charge in [-0.2, -0.15) is 4.98 Å². The van der Waals surface area contributed by atoms with Crippen LogP contribution in [0.3, 0.4) is 0 Å². The summed E-state index contributed by atoms with van der Waals surface area (Å²) in [6.07, 6.45) is 0. The van der Waals surface area contributed by atoms with Crippen LogP contribution in [0.25, 0.3) is 23.0 Å². The average Bonchev–Trinajstić information content (AvgIpc) is 3.41. The molecule has 32 heavy (non-hydrogen) atoms. The van der Waals surface area contributed by atoms with Crippen LogP contribution in [0.1, 0.15) is 5.76 Å². The third-order valence-corrected chi connectivity index (χ3v) is 4.89. The number of rotatable bonds is 8. The molecule has 0 atom stereocenters. The summed E-state index contributed by atoms with van der Waals surface area (Å²) in [6.45, 7) is -0.124. The molecule has 0 aliphatic rings. The Morgan fingerprint density at radius 2 is 1.72 bits per heavy atom. The highest BCUT2D eigenvalue weighted by atomic mass is 35.5. The number of carbonyl (C=O) groups is 1. The van der Waals surface area contributed by atoms with Crippen LogP contribution in [0.15, 0.2) is 57.5 Å². The first-order valence-electron chi connectivity index (χ1n) is 9.10. The Balaban J connectivity index is 1.43. The van der Waals surface area contributed by atoms with Crippen molar-refractivity contribution in [1.29, 1.82) is 0 Å². The maximum atomic E-state index is 10.8. The van der Waals surface area contributed by atoms with E-state index >= 15 is 0 Å². The maximum Gasteiger partial charge on any atom is 0.293 e. The van der Waals surface area contributed by atoms with Gasteiger partial charge in [-0.25, -0.2) is 0 Å². The van der Waals surface area contributed by atoms with Gasteiger partial charge >= 0.3 is 0 Å². The summed E-state index contributed by atoms with van der Waals surface area (Å²) >= 11 is 18.1. The van der Waals surface area contributed by atoms with Crippen LogP contribution in [-0.4, -0.2) is 22.7 Å². The molecule has 11 heteroatoms. The molecule has 0 unspecified atom stereocenters. The molecule has 0 spiro atoms. The van der Waals surface area contributed by atoms with Crippen molar-refractivity contribution in [2.24, 2.45) is 5.73 Å². The van der Waals surface area contributed by atoms with Gasteiger partial charge in [0, 0.05) is 10.6 Å². The van der Waals surface area contributed by atoms with Crippen molar-refractivity contribution in [2.45, 2.75) is 6.61 Å². The summed E-state index contributed by atoms with van der Waals surface area (Å²) in [6, 6.07) is 13.3. The highest BCUT2D eigenvalue weighted by Gasteiger charge is 2.16. The molecule has 2 aromatic carbocycles. The van der Waals surface area contributed by atoms with E-state index in [1.807, 2.05) is 0 Å². The van der Waals surface area contributed by atoms with Crippen molar-refractivity contribution in [3.8, 4) is 34.5 Å². The molecule has 0 aliphatic carbocycles. The maximum absolute atomic E-state index is 10.8. The van der Waals surface area contributed by atoms with Gasteiger partial charge in [0.15, 0.2) is 18.1 Å². The van der Waals surface area contributed by atoms with Gasteiger partial charge in [-0.1, -0.05) is 40.0 Å². The first-order chi connectivity index (χ1) is 15.4. The summed E-state index contributed by atoms with van der Waals surface area (Å²) in [5.41, 5.74) is 5.75. The second kappa shape index (κ2) is 9.52. The molecule has 2 N–H and O–H groups in total. The van der Waals surface area contributed by atoms with Crippen molar-refractivity contribution in [3.63, 3.8) is 0 Å². The second-order valence-corrected chi connectivity index (χ2v) is 7.71. The second-order valence-electron chi connectivity index (χ2n) is 6.46. The largest absolute Gasteiger partial charge is 0.484 e. The number of benzene rings is 2. The van der Waals surface area contributed by atoms with Gasteiger partial charge in [0.25, 0.3) is 11.8 Å². The molecule has 1 amide bonds. The third kappa shape index (κ3) is 5.16. The molecule has 0 bridgehead atoms. The van der Waals surface area contributed by atoms with Crippen molar-refractivity contribution in [2.75, 3.05) is 6.61 Å². The van der Waals surface area contributed by atoms with Crippen LogP contribution in [0.2, 0.25) is 15.1 Å². The van der Waals surface area contributed by atoms with Crippen LogP contribution in [0, 0.1) is 0 Å². The first kappa shape index (κ1) is 22.0. The Bertz CT molecular complexity index is 1230. The summed E-state index contributed by atoms with van der Waals surface area (Å²) in [5.74, 6) is 1.67. The zero-order chi connectivity index (χ0) is 22.7. The Morgan fingerprint density at radius 1 is 1.00 bits per heavy atom. The average molecular weight is 495 g/mol. The molecule has 0 radical (unpaired) electrons. The Labute approximate surface area is 196 Å². The van der Waals surface area contributed by atoms with E-state index < -0.39 is 5.91 Å². The number of halogens is 3. The lowest BCUT2D eigenvalue weighted by atomic mass is 10.2. The molecule has 0 saturated heterocycles. The molecule has 0 aliphatic heterocycles. The van der Waals surface area contributed by atoms with Gasteiger partial charge in [0.1, 0.15) is 18.1 Å². The van der Waals surface area contributed by atoms with E-state index in [1.54, 1.807) is 36.4 Å². The fourth-order valence-electron chi connectivity index (χ4n) is 2.68. The van der Waals surface area contributed by atoms with E-state index in [0.717, 1.165) is 0 Å². The molecule has 4 rings (SSSR count). The first-order valence-corrected chi connectivity index (χ1v) is 10.2. The molecule has 8 nitrogen and oxygen atoms in total. The highest BCUT2D eigenvalue weighted by Crippen LogP contribution is 2.36. The molecular weight excluding hydrogens is 481 g/mol. The van der Waals surface area contributed by atoms with Gasteiger partial charge in [0.05, 0.1) is 10.0 Å². The number of nitrogens with two attached hydrogens (primary N) is 1. The van der Waals surface area contributed by atoms with Crippen molar-refractivity contribution >= 4 is 40.7 Å². The summed E-state index contributed by atoms with van der Waals surface area (Å²) in [5, 5.41) is 4.96. The van der Waals surface area contributed by atoms with E-state index in [2.05, 4.69) is 10.1 Å². The normalized spacial score (nSPS) is 10.8. The quantitative estimate of drug-likeness (QED) is 0.349. The van der Waals surface area contributed by atoms with Gasteiger partial charge in [-0.15, -0.1) is 0 Å². The zero-order valence-electron chi connectivity index (χ0n) is 16.2. The number of ether oxygens (including phenoxy) is 2. The zero-order valence-corrected chi connectivity index (χ0v) is 18.4. The minimum absolute atomic E-state index is 0.0782. The van der Waals surface area contributed by atoms with Crippen LogP contribution in [0.5, 0.6) is 11.5 Å². The number of primary amides is 1. The number of furan rings is 1. The molecule has 4 aromatic rings. The minimum Gasteiger partial charge on any atom is -0.484 e. The van der Waals surface area contributed by atoms with E-state index in [4.69, 9.17) is 59.0 Å². The lowest BCUT2D eigenvalue weighted by molar-refractivity contribution is -0.119. The molecule has 0 saturated carbocycles. The van der Waals surface area contributed by atoms with Gasteiger partial charge in [-0.3, -0.25) is 4.79 Å². The fourth-order valence-corrected chi connectivity index (χ4v) is 3.60. The third-order valence-electron chi connectivity index (χ3n) is 4.11. The lowest BCUT2D eigenvalue weighted by Gasteiger charge is -2.08. The minimum atomic E-state index is -0.556. The van der Waals surface area contributed by atoms with E-state index in [0.29, 0.717) is 49.5 Å². The monoisotopic (exact) mass is 493 g/mol. The van der Waals surface area contributed by atoms with Crippen LogP contribution in [0.4, 0.5) is 0 Å². The van der Waals surface area contributed by atoms with Gasteiger partial charge in [-0.05, 0) is 48.5 Å². The molecule has 2 heterocycles. The molecule has 0 fully saturated rings. The van der Waals surface area contributed by atoms with Crippen LogP contribution < -0.4 is 15.2 Å². The Kier molecular flexibility index (Phi) is 6.55. The van der Waals surface area contributed by atoms with Crippen LogP contribution >= 0.6 is 34.8 Å². The topological polar surface area (TPSA) is 114 Å². The number of amides is 1. The molecular formula is C21H14Cl3N3O5. The van der Waals surface area contributed by atoms with Crippen LogP contribution in [-0.2, 0) is 11.4 Å². The van der Waals surface area contributed by atoms with E-state index in [-0.39, 0.29) is 19.1 Å². The Morgan fingerprint density at radius 3 is 2.41 bits per heavy atom.